The lowest BCUT2D eigenvalue weighted by Gasteiger charge is -2.45. The van der Waals surface area contributed by atoms with Gasteiger partial charge in [-0.25, -0.2) is 0 Å². The minimum atomic E-state index is -0.642. The standard InChI is InChI=1S/C50H35NO2/c1-49-29-13-12-18-39(49)38-30-34(25-28-44(38)51(49)37-16-6-3-7-17-37)36-24-27-43-48(32-36)53-46-22-11-9-20-41(46)50(43)40-19-8-10-21-45(40)52-47-31-35(23-26-42(47)50)33-14-4-2-5-15-33/h2-32,39H,1H3. The van der Waals surface area contributed by atoms with Crippen molar-refractivity contribution in [2.75, 3.05) is 4.90 Å². The van der Waals surface area contributed by atoms with Gasteiger partial charge in [0.05, 0.1) is 11.0 Å². The fraction of sp³-hybridized carbons (Fsp3) is 0.0800. The van der Waals surface area contributed by atoms with E-state index in [4.69, 9.17) is 9.47 Å². The van der Waals surface area contributed by atoms with Gasteiger partial charge >= 0.3 is 0 Å². The normalized spacial score (nSPS) is 21.0. The van der Waals surface area contributed by atoms with E-state index in [2.05, 4.69) is 200 Å². The number of hydrogen-bond acceptors (Lipinski definition) is 3. The summed E-state index contributed by atoms with van der Waals surface area (Å²) in [6, 6.07) is 58.7. The predicted molar refractivity (Wildman–Crippen MR) is 214 cm³/mol. The van der Waals surface area contributed by atoms with Crippen molar-refractivity contribution in [2.24, 2.45) is 0 Å². The van der Waals surface area contributed by atoms with E-state index < -0.39 is 5.41 Å². The molecule has 0 fully saturated rings. The number of ether oxygens (including phenoxy) is 2. The van der Waals surface area contributed by atoms with Crippen molar-refractivity contribution in [3.05, 3.63) is 216 Å². The summed E-state index contributed by atoms with van der Waals surface area (Å²) in [7, 11) is 0. The van der Waals surface area contributed by atoms with E-state index in [0.29, 0.717) is 0 Å². The summed E-state index contributed by atoms with van der Waals surface area (Å²) in [5.41, 5.74) is 11.9. The summed E-state index contributed by atoms with van der Waals surface area (Å²) in [5.74, 6) is 3.65. The third-order valence-corrected chi connectivity index (χ3v) is 11.8. The smallest absolute Gasteiger partial charge is 0.132 e. The highest BCUT2D eigenvalue weighted by atomic mass is 16.5. The summed E-state index contributed by atoms with van der Waals surface area (Å²) < 4.78 is 13.7. The van der Waals surface area contributed by atoms with Crippen LogP contribution in [0.4, 0.5) is 11.4 Å². The van der Waals surface area contributed by atoms with Crippen LogP contribution in [0.1, 0.15) is 40.7 Å². The van der Waals surface area contributed by atoms with Gasteiger partial charge in [-0.15, -0.1) is 0 Å². The average molecular weight is 682 g/mol. The first kappa shape index (κ1) is 30.1. The van der Waals surface area contributed by atoms with Gasteiger partial charge < -0.3 is 14.4 Å². The third kappa shape index (κ3) is 4.22. The number of nitrogens with zero attached hydrogens (tertiary/aromatic N) is 1. The van der Waals surface area contributed by atoms with Gasteiger partial charge in [0.15, 0.2) is 0 Å². The van der Waals surface area contributed by atoms with E-state index in [0.717, 1.165) is 61.9 Å². The molecule has 0 bridgehead atoms. The predicted octanol–water partition coefficient (Wildman–Crippen LogP) is 12.7. The van der Waals surface area contributed by atoms with Gasteiger partial charge in [-0.1, -0.05) is 140 Å². The molecule has 0 radical (unpaired) electrons. The zero-order valence-electron chi connectivity index (χ0n) is 29.2. The van der Waals surface area contributed by atoms with E-state index in [1.807, 2.05) is 0 Å². The van der Waals surface area contributed by atoms with Crippen LogP contribution in [0.3, 0.4) is 0 Å². The zero-order valence-corrected chi connectivity index (χ0v) is 29.2. The van der Waals surface area contributed by atoms with Crippen LogP contribution in [-0.2, 0) is 5.41 Å². The molecule has 53 heavy (non-hydrogen) atoms. The molecular formula is C50H35NO2. The minimum Gasteiger partial charge on any atom is -0.457 e. The molecular weight excluding hydrogens is 647 g/mol. The molecule has 0 amide bonds. The number of anilines is 2. The third-order valence-electron chi connectivity index (χ3n) is 11.8. The molecule has 0 saturated carbocycles. The molecule has 0 aromatic heterocycles. The van der Waals surface area contributed by atoms with Gasteiger partial charge in [-0.2, -0.15) is 0 Å². The molecule has 3 nitrogen and oxygen atoms in total. The quantitative estimate of drug-likeness (QED) is 0.185. The molecule has 3 heteroatoms. The van der Waals surface area contributed by atoms with Gasteiger partial charge in [-0.05, 0) is 83.3 Å². The van der Waals surface area contributed by atoms with Crippen LogP contribution >= 0.6 is 0 Å². The van der Waals surface area contributed by atoms with Crippen molar-refractivity contribution in [1.29, 1.82) is 0 Å². The highest BCUT2D eigenvalue weighted by molar-refractivity contribution is 5.83. The zero-order chi connectivity index (χ0) is 35.1. The van der Waals surface area contributed by atoms with E-state index in [1.165, 1.54) is 22.5 Å². The Morgan fingerprint density at radius 1 is 0.472 bits per heavy atom. The maximum atomic E-state index is 6.89. The Morgan fingerprint density at radius 3 is 1.66 bits per heavy atom. The molecule has 7 aromatic rings. The number of hydrogen-bond donors (Lipinski definition) is 0. The van der Waals surface area contributed by atoms with E-state index in [-0.39, 0.29) is 11.5 Å². The fourth-order valence-corrected chi connectivity index (χ4v) is 9.46. The highest BCUT2D eigenvalue weighted by Crippen LogP contribution is 2.62. The van der Waals surface area contributed by atoms with Crippen molar-refractivity contribution in [3.8, 4) is 45.3 Å². The molecule has 7 aromatic carbocycles. The van der Waals surface area contributed by atoms with Crippen LogP contribution in [0.2, 0.25) is 0 Å². The molecule has 3 atom stereocenters. The summed E-state index contributed by atoms with van der Waals surface area (Å²) in [4.78, 5) is 2.50. The number of rotatable bonds is 3. The minimum absolute atomic E-state index is 0.198. The summed E-state index contributed by atoms with van der Waals surface area (Å²) in [5, 5.41) is 0. The Kier molecular flexibility index (Phi) is 6.36. The van der Waals surface area contributed by atoms with Crippen molar-refractivity contribution >= 4 is 11.4 Å². The SMILES string of the molecule is CC12C=CC=CC1c1cc(-c3ccc4c(c3)Oc3ccccc3C43c4ccccc4Oc4cc(-c5ccccc5)ccc43)ccc1N2c1ccccc1. The van der Waals surface area contributed by atoms with E-state index >= 15 is 0 Å². The first-order valence-electron chi connectivity index (χ1n) is 18.4. The first-order valence-corrected chi connectivity index (χ1v) is 18.4. The van der Waals surface area contributed by atoms with Crippen LogP contribution in [0.25, 0.3) is 22.3 Å². The molecule has 1 aliphatic carbocycles. The molecule has 11 rings (SSSR count). The van der Waals surface area contributed by atoms with Crippen LogP contribution in [0.15, 0.2) is 188 Å². The first-order chi connectivity index (χ1) is 26.1. The van der Waals surface area contributed by atoms with Crippen molar-refractivity contribution in [1.82, 2.24) is 0 Å². The molecule has 0 N–H and O–H groups in total. The van der Waals surface area contributed by atoms with Crippen molar-refractivity contribution in [3.63, 3.8) is 0 Å². The monoisotopic (exact) mass is 681 g/mol. The van der Waals surface area contributed by atoms with Gasteiger partial charge in [-0.3, -0.25) is 0 Å². The Hall–Kier alpha value is -6.58. The summed E-state index contributed by atoms with van der Waals surface area (Å²) >= 11 is 0. The molecule has 0 saturated heterocycles. The number of para-hydroxylation sites is 3. The fourth-order valence-electron chi connectivity index (χ4n) is 9.46. The van der Waals surface area contributed by atoms with Crippen molar-refractivity contribution < 1.29 is 9.47 Å². The molecule has 252 valence electrons. The van der Waals surface area contributed by atoms with Crippen LogP contribution < -0.4 is 14.4 Å². The maximum Gasteiger partial charge on any atom is 0.132 e. The molecule has 4 aliphatic rings. The second-order valence-corrected chi connectivity index (χ2v) is 14.6. The van der Waals surface area contributed by atoms with Gasteiger partial charge in [0.2, 0.25) is 0 Å². The van der Waals surface area contributed by atoms with Crippen LogP contribution in [-0.4, -0.2) is 5.54 Å². The summed E-state index contributed by atoms with van der Waals surface area (Å²) in [6.45, 7) is 2.35. The second-order valence-electron chi connectivity index (χ2n) is 14.6. The largest absolute Gasteiger partial charge is 0.457 e. The number of fused-ring (bicyclic) bond motifs is 11. The van der Waals surface area contributed by atoms with Crippen LogP contribution in [0.5, 0.6) is 23.0 Å². The Morgan fingerprint density at radius 2 is 1.00 bits per heavy atom. The highest BCUT2D eigenvalue weighted by Gasteiger charge is 2.51. The Bertz CT molecular complexity index is 2650. The topological polar surface area (TPSA) is 21.7 Å². The lowest BCUT2D eigenvalue weighted by molar-refractivity contribution is 0.399. The molecule has 3 unspecified atom stereocenters. The Balaban J connectivity index is 1.09. The van der Waals surface area contributed by atoms with E-state index in [1.54, 1.807) is 0 Å². The van der Waals surface area contributed by atoms with E-state index in [9.17, 15) is 0 Å². The lowest BCUT2D eigenvalue weighted by atomic mass is 9.62. The summed E-state index contributed by atoms with van der Waals surface area (Å²) in [6.07, 6.45) is 9.07. The molecule has 1 spiro atoms. The molecule has 3 aliphatic heterocycles. The molecule has 3 heterocycles. The van der Waals surface area contributed by atoms with Crippen LogP contribution in [0, 0.1) is 0 Å². The van der Waals surface area contributed by atoms with Gasteiger partial charge in [0.25, 0.3) is 0 Å². The number of allylic oxidation sites excluding steroid dienone is 2. The second kappa shape index (κ2) is 11.2. The number of benzene rings is 7. The maximum absolute atomic E-state index is 6.89. The van der Waals surface area contributed by atoms with Gasteiger partial charge in [0.1, 0.15) is 23.0 Å². The van der Waals surface area contributed by atoms with Crippen molar-refractivity contribution in [2.45, 2.75) is 23.8 Å². The van der Waals surface area contributed by atoms with Gasteiger partial charge in [0, 0.05) is 39.5 Å². The lowest BCUT2D eigenvalue weighted by Crippen LogP contribution is -2.41. The Labute approximate surface area is 309 Å². The average Bonchev–Trinajstić information content (AvgIpc) is 3.48.